The van der Waals surface area contributed by atoms with E-state index in [1.807, 2.05) is 37.3 Å². The number of imide groups is 1. The fraction of sp³-hybridized carbons (Fsp3) is 0.553. The number of anilines is 2. The molecule has 5 saturated heterocycles. The number of nitrogens with one attached hydrogen (secondary N) is 2. The largest absolute Gasteiger partial charge is 0.363 e. The minimum atomic E-state index is -0.860. The van der Waals surface area contributed by atoms with Crippen LogP contribution in [0.1, 0.15) is 111 Å². The summed E-state index contributed by atoms with van der Waals surface area (Å²) in [4.78, 5) is 69.1. The molecule has 14 nitrogen and oxygen atoms in total. The number of carbonyl (C=O) groups excluding carboxylic acids is 4. The van der Waals surface area contributed by atoms with Crippen LogP contribution in [0.15, 0.2) is 30.5 Å². The molecule has 2 aromatic carbocycles. The van der Waals surface area contributed by atoms with Crippen LogP contribution < -0.4 is 15.5 Å². The van der Waals surface area contributed by atoms with Gasteiger partial charge in [-0.2, -0.15) is 0 Å². The van der Waals surface area contributed by atoms with E-state index in [-0.39, 0.29) is 65.3 Å². The molecule has 65 heavy (non-hydrogen) atoms. The highest BCUT2D eigenvalue weighted by Gasteiger charge is 2.43. The second-order valence-electron chi connectivity index (χ2n) is 18.8. The maximum absolute atomic E-state index is 15.8. The number of aldehydes is 1. The first kappa shape index (κ1) is 45.1. The van der Waals surface area contributed by atoms with Gasteiger partial charge in [-0.25, -0.2) is 28.1 Å². The van der Waals surface area contributed by atoms with E-state index in [4.69, 9.17) is 0 Å². The van der Waals surface area contributed by atoms with Crippen LogP contribution in [0.2, 0.25) is 0 Å². The molecule has 5 aliphatic heterocycles. The maximum Gasteiger partial charge on any atom is 0.255 e. The van der Waals surface area contributed by atoms with Gasteiger partial charge in [0.1, 0.15) is 28.9 Å². The molecule has 3 unspecified atom stereocenters. The van der Waals surface area contributed by atoms with Gasteiger partial charge in [0.15, 0.2) is 17.9 Å². The third kappa shape index (κ3) is 9.22. The highest BCUT2D eigenvalue weighted by Crippen LogP contribution is 2.44. The predicted octanol–water partition coefficient (Wildman–Crippen LogP) is 6.93. The lowest BCUT2D eigenvalue weighted by Gasteiger charge is -2.43. The van der Waals surface area contributed by atoms with Crippen LogP contribution in [0.3, 0.4) is 0 Å². The summed E-state index contributed by atoms with van der Waals surface area (Å²) in [6.07, 6.45) is 9.60. The molecule has 3 atom stereocenters. The number of imidazole rings is 1. The van der Waals surface area contributed by atoms with Crippen molar-refractivity contribution in [2.75, 3.05) is 50.0 Å². The Kier molecular flexibility index (Phi) is 13.0. The highest BCUT2D eigenvalue weighted by atomic mass is 32.2. The number of piperidine rings is 4. The maximum atomic E-state index is 15.8. The van der Waals surface area contributed by atoms with Gasteiger partial charge in [0.2, 0.25) is 17.8 Å². The van der Waals surface area contributed by atoms with Gasteiger partial charge in [0, 0.05) is 73.6 Å². The molecule has 346 valence electrons. The first-order valence-electron chi connectivity index (χ1n) is 23.0. The zero-order valence-corrected chi connectivity index (χ0v) is 38.2. The summed E-state index contributed by atoms with van der Waals surface area (Å²) in [5.41, 5.74) is 1.57. The summed E-state index contributed by atoms with van der Waals surface area (Å²) in [6, 6.07) is 5.24. The number of likely N-dealkylation sites (tertiary alicyclic amines) is 1. The number of fused-ring (bicyclic) bond motifs is 3. The van der Waals surface area contributed by atoms with E-state index in [0.29, 0.717) is 46.0 Å². The van der Waals surface area contributed by atoms with Crippen molar-refractivity contribution >= 4 is 58.6 Å². The van der Waals surface area contributed by atoms with Crippen LogP contribution in [0.4, 0.5) is 24.8 Å². The van der Waals surface area contributed by atoms with Crippen LogP contribution in [0.5, 0.6) is 0 Å². The molecule has 4 aromatic rings. The number of carbonyl (C=O) groups is 4. The normalized spacial score (nSPS) is 23.7. The van der Waals surface area contributed by atoms with Crippen LogP contribution in [0, 0.1) is 30.3 Å². The summed E-state index contributed by atoms with van der Waals surface area (Å²) in [6.45, 7) is 10.7. The minimum Gasteiger partial charge on any atom is -0.363 e. The zero-order valence-electron chi connectivity index (χ0n) is 37.4. The summed E-state index contributed by atoms with van der Waals surface area (Å²) in [5, 5.41) is 6.22. The van der Waals surface area contributed by atoms with Crippen molar-refractivity contribution in [3.63, 3.8) is 0 Å². The fourth-order valence-corrected chi connectivity index (χ4v) is 12.3. The van der Waals surface area contributed by atoms with Crippen molar-refractivity contribution in [1.82, 2.24) is 38.9 Å². The highest BCUT2D eigenvalue weighted by molar-refractivity contribution is 7.97. The third-order valence-electron chi connectivity index (χ3n) is 14.2. The van der Waals surface area contributed by atoms with Gasteiger partial charge >= 0.3 is 0 Å². The van der Waals surface area contributed by atoms with Gasteiger partial charge in [-0.1, -0.05) is 11.9 Å². The molecule has 0 aliphatic carbocycles. The van der Waals surface area contributed by atoms with E-state index in [0.717, 1.165) is 96.4 Å². The zero-order chi connectivity index (χ0) is 45.7. The van der Waals surface area contributed by atoms with Crippen molar-refractivity contribution in [3.8, 4) is 11.3 Å². The Morgan fingerprint density at radius 3 is 2.34 bits per heavy atom. The van der Waals surface area contributed by atoms with Crippen LogP contribution >= 0.6 is 11.9 Å². The fourth-order valence-electron chi connectivity index (χ4n) is 11.0. The lowest BCUT2D eigenvalue weighted by atomic mass is 9.89. The Bertz CT molecular complexity index is 2480. The van der Waals surface area contributed by atoms with Gasteiger partial charge in [0.05, 0.1) is 23.0 Å². The Labute approximate surface area is 381 Å². The van der Waals surface area contributed by atoms with E-state index < -0.39 is 35.3 Å². The quantitative estimate of drug-likeness (QED) is 0.0863. The van der Waals surface area contributed by atoms with Gasteiger partial charge in [-0.3, -0.25) is 28.8 Å². The van der Waals surface area contributed by atoms with E-state index in [2.05, 4.69) is 39.7 Å². The van der Waals surface area contributed by atoms with E-state index in [1.165, 1.54) is 24.1 Å². The van der Waals surface area contributed by atoms with E-state index in [1.54, 1.807) is 6.07 Å². The average molecular weight is 915 g/mol. The lowest BCUT2D eigenvalue weighted by molar-refractivity contribution is -0.136. The number of hydrogen-bond acceptors (Lipinski definition) is 12. The molecule has 18 heteroatoms. The van der Waals surface area contributed by atoms with Crippen molar-refractivity contribution < 1.29 is 32.3 Å². The number of aromatic nitrogens is 4. The molecule has 2 bridgehead atoms. The predicted molar refractivity (Wildman–Crippen MR) is 243 cm³/mol. The molecule has 5 aliphatic rings. The molecule has 2 aromatic heterocycles. The molecule has 5 fully saturated rings. The summed E-state index contributed by atoms with van der Waals surface area (Å²) in [5.74, 6) is -1.68. The first-order chi connectivity index (χ1) is 31.2. The molecular weight excluding hydrogens is 858 g/mol. The molecule has 7 heterocycles. The van der Waals surface area contributed by atoms with Crippen LogP contribution in [-0.2, 0) is 9.59 Å². The van der Waals surface area contributed by atoms with Crippen molar-refractivity contribution in [1.29, 1.82) is 0 Å². The van der Waals surface area contributed by atoms with Crippen LogP contribution in [-0.4, -0.2) is 127 Å². The Morgan fingerprint density at radius 2 is 1.66 bits per heavy atom. The molecule has 3 amide bonds. The van der Waals surface area contributed by atoms with Crippen LogP contribution in [0.25, 0.3) is 22.3 Å². The molecular formula is C47H57F3N10O4S. The smallest absolute Gasteiger partial charge is 0.255 e. The number of hydrogen-bond donors (Lipinski definition) is 2. The monoisotopic (exact) mass is 914 g/mol. The van der Waals surface area contributed by atoms with Crippen molar-refractivity contribution in [2.45, 2.75) is 120 Å². The average Bonchev–Trinajstić information content (AvgIpc) is 3.76. The lowest BCUT2D eigenvalue weighted by Crippen LogP contribution is -2.53. The standard InChI is InChI=1S/C47H57F3N10O4S/c1-26(2)59-27(3)52-44-37(49)19-29(21-41(44)59)43-38(50)23-51-47(55-43)53-31-9-15-58(16-10-31)65-34-11-13-57(14-12-34)24-28-17-32-5-6-33(18-28)60(32)40-22-35(30(25-61)20-36(40)48)46(64)56(4)39-7-8-42(62)54-45(39)63/h19-23,25-26,28,31-34,39H,5-18,24H2,1-4H3,(H,51,53,55)(H,54,62,63). The summed E-state index contributed by atoms with van der Waals surface area (Å²) >= 11 is 1.96. The third-order valence-corrected chi connectivity index (χ3v) is 15.6. The summed E-state index contributed by atoms with van der Waals surface area (Å²) in [7, 11) is 1.47. The summed E-state index contributed by atoms with van der Waals surface area (Å²) < 4.78 is 50.5. The van der Waals surface area contributed by atoms with Gasteiger partial charge in [0.25, 0.3) is 5.91 Å². The Hall–Kier alpha value is -5.07. The second-order valence-corrected chi connectivity index (χ2v) is 20.2. The number of benzene rings is 2. The molecule has 0 radical (unpaired) electrons. The van der Waals surface area contributed by atoms with Crippen molar-refractivity contribution in [2.24, 2.45) is 5.92 Å². The SMILES string of the molecule is Cc1nc2c(F)cc(-c3nc(NC4CCN(SC5CCN(CC6CC7CCC(C6)N7c6cc(C(=O)N(C)C7CCC(=O)NC7=O)c(C=O)cc6F)CC5)CC4)ncc3F)cc2n1C(C)C. The number of amides is 3. The van der Waals surface area contributed by atoms with Gasteiger partial charge in [-0.15, -0.1) is 0 Å². The second kappa shape index (κ2) is 18.7. The number of rotatable bonds is 12. The van der Waals surface area contributed by atoms with E-state index >= 15 is 13.2 Å². The molecule has 2 N–H and O–H groups in total. The van der Waals surface area contributed by atoms with E-state index in [9.17, 15) is 19.2 Å². The van der Waals surface area contributed by atoms with Crippen molar-refractivity contribution in [3.05, 3.63) is 64.9 Å². The molecule has 0 saturated carbocycles. The number of halogens is 3. The number of aryl methyl sites for hydroxylation is 1. The van der Waals surface area contributed by atoms with Gasteiger partial charge in [-0.05, 0) is 122 Å². The molecule has 0 spiro atoms. The minimum absolute atomic E-state index is 0.0508. The number of likely N-dealkylation sites (N-methyl/N-ethyl adjacent to an activating group) is 1. The number of nitrogens with zero attached hydrogens (tertiary/aromatic N) is 8. The topological polar surface area (TPSA) is 149 Å². The Morgan fingerprint density at radius 1 is 0.938 bits per heavy atom. The first-order valence-corrected chi connectivity index (χ1v) is 23.9. The van der Waals surface area contributed by atoms with Gasteiger partial charge < -0.3 is 24.6 Å². The Balaban J connectivity index is 0.746. The molecule has 9 rings (SSSR count).